The molecule has 2 nitrogen and oxygen atoms in total. The van der Waals surface area contributed by atoms with E-state index >= 15 is 0 Å². The van der Waals surface area contributed by atoms with Gasteiger partial charge in [0.15, 0.2) is 0 Å². The summed E-state index contributed by atoms with van der Waals surface area (Å²) >= 11 is 0. The van der Waals surface area contributed by atoms with Gasteiger partial charge in [-0.05, 0) is 30.0 Å². The van der Waals surface area contributed by atoms with Crippen molar-refractivity contribution in [2.24, 2.45) is 10.9 Å². The van der Waals surface area contributed by atoms with E-state index in [4.69, 9.17) is 4.74 Å². The van der Waals surface area contributed by atoms with Crippen LogP contribution in [0.5, 0.6) is 0 Å². The van der Waals surface area contributed by atoms with E-state index < -0.39 is 0 Å². The first-order chi connectivity index (χ1) is 11.5. The van der Waals surface area contributed by atoms with E-state index in [1.807, 2.05) is 54.6 Å². The van der Waals surface area contributed by atoms with E-state index in [0.717, 1.165) is 11.5 Å². The van der Waals surface area contributed by atoms with Crippen molar-refractivity contribution in [3.05, 3.63) is 78.2 Å². The zero-order chi connectivity index (χ0) is 17.8. The third-order valence-corrected chi connectivity index (χ3v) is 2.99. The number of benzene rings is 2. The van der Waals surface area contributed by atoms with Crippen LogP contribution in [0, 0.1) is 24.0 Å². The Hall–Kier alpha value is -1.29. The van der Waals surface area contributed by atoms with Crippen molar-refractivity contribution in [3.63, 3.8) is 0 Å². The Balaban J connectivity index is 0. The fourth-order valence-corrected chi connectivity index (χ4v) is 1.75. The molecule has 0 fully saturated rings. The van der Waals surface area contributed by atoms with Gasteiger partial charge in [-0.2, -0.15) is 0 Å². The van der Waals surface area contributed by atoms with Gasteiger partial charge in [-0.25, -0.2) is 4.99 Å². The summed E-state index contributed by atoms with van der Waals surface area (Å²) in [6.07, 6.45) is 0. The van der Waals surface area contributed by atoms with Crippen LogP contribution < -0.4 is 0 Å². The standard InChI is InChI=1S/C12H14NO.C6H5.C4H9.Sn.H2/c1-9(2)11-8-14-12(13-11)10-6-4-3-5-7-10;1-2-4-6-5-3-1;1-4(2)3;;/h3-6,9,11H,8H2,1-2H3;1-5H;1-3H3;;1H/t11-;;;;/m1..../s1. The van der Waals surface area contributed by atoms with Crippen molar-refractivity contribution in [2.75, 3.05) is 6.61 Å². The summed E-state index contributed by atoms with van der Waals surface area (Å²) in [4.78, 5) is 4.52. The normalized spacial score (nSPS) is 15.0. The molecule has 25 heavy (non-hydrogen) atoms. The van der Waals surface area contributed by atoms with Crippen molar-refractivity contribution in [3.8, 4) is 0 Å². The third-order valence-electron chi connectivity index (χ3n) is 2.99. The minimum Gasteiger partial charge on any atom is -0.475 e. The van der Waals surface area contributed by atoms with Gasteiger partial charge in [-0.15, -0.1) is 0 Å². The molecule has 1 aliphatic heterocycles. The molecule has 1 atom stereocenters. The molecule has 0 amide bonds. The molecule has 0 saturated heterocycles. The Morgan fingerprint density at radius 2 is 1.68 bits per heavy atom. The van der Waals surface area contributed by atoms with Gasteiger partial charge in [-0.1, -0.05) is 83.1 Å². The number of nitrogens with zero attached hydrogens (tertiary/aromatic N) is 1. The van der Waals surface area contributed by atoms with Gasteiger partial charge in [0.2, 0.25) is 5.90 Å². The largest absolute Gasteiger partial charge is 0.475 e. The molecule has 2 aromatic carbocycles. The SMILES string of the molecule is CC(C)[C@H]1COC(c2[c]cccc2)=N1.C[C](C)C.[HH].[Sn].[c]1ccccc1. The molecule has 0 unspecified atom stereocenters. The summed E-state index contributed by atoms with van der Waals surface area (Å²) in [5, 5.41) is 0. The fourth-order valence-electron chi connectivity index (χ4n) is 1.75. The third kappa shape index (κ3) is 11.0. The first-order valence-corrected chi connectivity index (χ1v) is 8.36. The molecule has 2 aromatic rings. The smallest absolute Gasteiger partial charge is 0.217 e. The van der Waals surface area contributed by atoms with Crippen LogP contribution in [0.4, 0.5) is 0 Å². The second-order valence-electron chi connectivity index (χ2n) is 6.41. The molecule has 1 heterocycles. The summed E-state index contributed by atoms with van der Waals surface area (Å²) in [5.74, 6) is 2.69. The Morgan fingerprint density at radius 3 is 2.04 bits per heavy atom. The van der Waals surface area contributed by atoms with Crippen LogP contribution >= 0.6 is 0 Å². The maximum absolute atomic E-state index is 5.53. The Labute approximate surface area is 172 Å². The van der Waals surface area contributed by atoms with E-state index in [1.165, 1.54) is 5.92 Å². The number of hydrogen-bond acceptors (Lipinski definition) is 2. The maximum atomic E-state index is 5.53. The van der Waals surface area contributed by atoms with Crippen molar-refractivity contribution >= 4 is 29.8 Å². The molecule has 3 heteroatoms. The minimum absolute atomic E-state index is 0. The molecule has 0 aliphatic carbocycles. The molecule has 0 spiro atoms. The van der Waals surface area contributed by atoms with Crippen LogP contribution in [-0.4, -0.2) is 42.5 Å². The van der Waals surface area contributed by atoms with Crippen LogP contribution in [0.1, 0.15) is 41.6 Å². The average molecular weight is 443 g/mol. The first-order valence-electron chi connectivity index (χ1n) is 8.36. The first kappa shape index (κ1) is 23.7. The quantitative estimate of drug-likeness (QED) is 0.581. The van der Waals surface area contributed by atoms with Crippen LogP contribution in [0.3, 0.4) is 0 Å². The van der Waals surface area contributed by atoms with Gasteiger partial charge in [0, 0.05) is 30.9 Å². The van der Waals surface area contributed by atoms with Crippen LogP contribution in [0.15, 0.2) is 59.6 Å². The summed E-state index contributed by atoms with van der Waals surface area (Å²) in [5.41, 5.74) is 0.954. The topological polar surface area (TPSA) is 21.6 Å². The Kier molecular flexibility index (Phi) is 13.2. The molecule has 0 bridgehead atoms. The van der Waals surface area contributed by atoms with Gasteiger partial charge in [-0.3, -0.25) is 0 Å². The van der Waals surface area contributed by atoms with E-state index in [2.05, 4.69) is 51.7 Å². The zero-order valence-electron chi connectivity index (χ0n) is 15.9. The maximum Gasteiger partial charge on any atom is 0.217 e. The predicted octanol–water partition coefficient (Wildman–Crippen LogP) is 5.26. The molecule has 0 aromatic heterocycles. The van der Waals surface area contributed by atoms with Gasteiger partial charge >= 0.3 is 0 Å². The summed E-state index contributed by atoms with van der Waals surface area (Å²) < 4.78 is 5.53. The number of aliphatic imine (C=N–C) groups is 1. The zero-order valence-corrected chi connectivity index (χ0v) is 18.8. The Bertz CT molecular complexity index is 544. The van der Waals surface area contributed by atoms with E-state index in [9.17, 15) is 0 Å². The van der Waals surface area contributed by atoms with Gasteiger partial charge in [0.05, 0.1) is 6.04 Å². The summed E-state index contributed by atoms with van der Waals surface area (Å²) in [6.45, 7) is 11.3. The molecular weight excluding hydrogens is 413 g/mol. The number of ether oxygens (including phenoxy) is 1. The molecular formula is C22H30NOSn. The molecule has 0 N–H and O–H groups in total. The van der Waals surface area contributed by atoms with Gasteiger partial charge < -0.3 is 4.74 Å². The second kappa shape index (κ2) is 13.9. The van der Waals surface area contributed by atoms with Crippen molar-refractivity contribution in [1.29, 1.82) is 0 Å². The molecule has 0 saturated carbocycles. The molecule has 3 rings (SSSR count). The van der Waals surface area contributed by atoms with Crippen LogP contribution in [0.25, 0.3) is 0 Å². The molecule has 133 valence electrons. The van der Waals surface area contributed by atoms with Gasteiger partial charge in [0.1, 0.15) is 6.61 Å². The van der Waals surface area contributed by atoms with Crippen molar-refractivity contribution in [2.45, 2.75) is 40.7 Å². The van der Waals surface area contributed by atoms with E-state index in [0.29, 0.717) is 18.6 Å². The van der Waals surface area contributed by atoms with E-state index in [1.54, 1.807) is 0 Å². The van der Waals surface area contributed by atoms with Crippen LogP contribution in [-0.2, 0) is 4.74 Å². The fraction of sp³-hybridized carbons (Fsp3) is 0.364. The number of rotatable bonds is 2. The van der Waals surface area contributed by atoms with Crippen LogP contribution in [0.2, 0.25) is 0 Å². The van der Waals surface area contributed by atoms with Gasteiger partial charge in [0.25, 0.3) is 0 Å². The molecule has 1 aliphatic rings. The van der Waals surface area contributed by atoms with E-state index in [-0.39, 0.29) is 25.3 Å². The summed E-state index contributed by atoms with van der Waals surface area (Å²) in [6, 6.07) is 23.7. The number of hydrogen-bond donors (Lipinski definition) is 0. The Morgan fingerprint density at radius 1 is 1.08 bits per heavy atom. The second-order valence-corrected chi connectivity index (χ2v) is 6.41. The van der Waals surface area contributed by atoms with Crippen molar-refractivity contribution < 1.29 is 6.16 Å². The summed E-state index contributed by atoms with van der Waals surface area (Å²) in [7, 11) is 0. The minimum atomic E-state index is 0. The molecule has 7 radical (unpaired) electrons. The average Bonchev–Trinajstić information content (AvgIpc) is 3.08. The van der Waals surface area contributed by atoms with Crippen molar-refractivity contribution in [1.82, 2.24) is 0 Å². The monoisotopic (exact) mass is 444 g/mol. The predicted molar refractivity (Wildman–Crippen MR) is 110 cm³/mol.